The van der Waals surface area contributed by atoms with Crippen molar-refractivity contribution in [3.8, 4) is 5.75 Å². The van der Waals surface area contributed by atoms with Crippen LogP contribution in [0.1, 0.15) is 73.7 Å². The molecule has 5 aliphatic rings. The summed E-state index contributed by atoms with van der Waals surface area (Å²) >= 11 is 0. The number of hydrogen-bond donors (Lipinski definition) is 1. The maximum Gasteiger partial charge on any atom is 0.259 e. The lowest BCUT2D eigenvalue weighted by atomic mass is 9.97. The number of fused-ring (bicyclic) bond motifs is 4. The third-order valence-electron chi connectivity index (χ3n) is 13.0. The van der Waals surface area contributed by atoms with Crippen LogP contribution in [0.15, 0.2) is 73.7 Å². The van der Waals surface area contributed by atoms with Gasteiger partial charge in [-0.05, 0) is 94.3 Å². The SMILES string of the molecule is C=C1NC(=O)CCC1N1C(=C)c2cc(OCCCCCN3CCC(OC4CN(C5CCN(c6ccc7c8cnccc8n(C)c7c6)CC5)C4)CC3)ccc2C1=O. The molecule has 4 saturated heterocycles. The Kier molecular flexibility index (Phi) is 10.3. The van der Waals surface area contributed by atoms with Crippen LogP contribution < -0.4 is 15.0 Å². The Morgan fingerprint density at radius 1 is 0.839 bits per heavy atom. The van der Waals surface area contributed by atoms with Crippen LogP contribution in [0.25, 0.3) is 27.5 Å². The van der Waals surface area contributed by atoms with Crippen LogP contribution in [0.3, 0.4) is 0 Å². The first-order chi connectivity index (χ1) is 27.3. The molecule has 9 rings (SSSR count). The highest BCUT2D eigenvalue weighted by Gasteiger charge is 2.40. The molecule has 294 valence electrons. The normalized spacial score (nSPS) is 22.0. The minimum Gasteiger partial charge on any atom is -0.494 e. The van der Waals surface area contributed by atoms with Crippen molar-refractivity contribution in [2.75, 3.05) is 57.3 Å². The van der Waals surface area contributed by atoms with Crippen LogP contribution in [0.5, 0.6) is 5.75 Å². The Labute approximate surface area is 329 Å². The number of aryl methyl sites for hydroxylation is 1. The van der Waals surface area contributed by atoms with E-state index < -0.39 is 0 Å². The van der Waals surface area contributed by atoms with E-state index in [0.717, 1.165) is 89.2 Å². The van der Waals surface area contributed by atoms with E-state index in [1.165, 1.54) is 40.3 Å². The van der Waals surface area contributed by atoms with E-state index in [9.17, 15) is 9.59 Å². The monoisotopic (exact) mass is 757 g/mol. The first kappa shape index (κ1) is 36.9. The van der Waals surface area contributed by atoms with E-state index in [1.54, 1.807) is 4.90 Å². The number of rotatable bonds is 12. The number of pyridine rings is 1. The topological polar surface area (TPSA) is 95.4 Å². The highest BCUT2D eigenvalue weighted by molar-refractivity contribution is 6.10. The second-order valence-electron chi connectivity index (χ2n) is 16.5. The Balaban J connectivity index is 0.639. The highest BCUT2D eigenvalue weighted by atomic mass is 16.5. The Bertz CT molecular complexity index is 2140. The van der Waals surface area contributed by atoms with Gasteiger partial charge in [-0.25, -0.2) is 0 Å². The number of aromatic nitrogens is 2. The average Bonchev–Trinajstić information content (AvgIpc) is 3.62. The molecule has 1 N–H and O–H groups in total. The van der Waals surface area contributed by atoms with Gasteiger partial charge in [-0.1, -0.05) is 19.2 Å². The standard InChI is InChI=1S/C45H55N7O4/c1-30-41(11-12-44(53)47-30)52-31(2)39-26-35(8-10-38(39)45(52)54)55-24-6-4-5-19-49-20-16-34(17-21-49)56-36-28-51(29-36)32-14-22-50(23-15-32)33-7-9-37-40-27-46-18-13-42(40)48(3)43(37)25-33/h7-10,13,18,25-27,32,34,36,41H,1-2,4-6,11-12,14-17,19-24,28-29H2,3H3,(H,47,53). The summed E-state index contributed by atoms with van der Waals surface area (Å²) in [5.74, 6) is 0.593. The molecule has 0 spiro atoms. The molecule has 11 heteroatoms. The van der Waals surface area contributed by atoms with Crippen molar-refractivity contribution in [3.05, 3.63) is 84.8 Å². The Hall–Kier alpha value is -4.71. The minimum atomic E-state index is -0.278. The number of benzene rings is 2. The van der Waals surface area contributed by atoms with Crippen molar-refractivity contribution < 1.29 is 19.1 Å². The number of piperidine rings is 3. The number of nitrogens with one attached hydrogen (secondary N) is 1. The molecule has 0 radical (unpaired) electrons. The summed E-state index contributed by atoms with van der Waals surface area (Å²) in [6.45, 7) is 16.6. The summed E-state index contributed by atoms with van der Waals surface area (Å²) in [7, 11) is 2.16. The zero-order valence-corrected chi connectivity index (χ0v) is 32.8. The van der Waals surface area contributed by atoms with Crippen LogP contribution in [0, 0.1) is 0 Å². The first-order valence-electron chi connectivity index (χ1n) is 20.8. The molecule has 4 aromatic rings. The molecule has 11 nitrogen and oxygen atoms in total. The number of likely N-dealkylation sites (tertiary alicyclic amines) is 2. The maximum absolute atomic E-state index is 13.2. The third kappa shape index (κ3) is 7.21. The largest absolute Gasteiger partial charge is 0.494 e. The summed E-state index contributed by atoms with van der Waals surface area (Å²) in [6.07, 6.45) is 13.5. The highest BCUT2D eigenvalue weighted by Crippen LogP contribution is 2.38. The van der Waals surface area contributed by atoms with E-state index >= 15 is 0 Å². The van der Waals surface area contributed by atoms with Crippen molar-refractivity contribution in [2.24, 2.45) is 7.05 Å². The zero-order chi connectivity index (χ0) is 38.3. The minimum absolute atomic E-state index is 0.0592. The quantitative estimate of drug-likeness (QED) is 0.168. The lowest BCUT2D eigenvalue weighted by molar-refractivity contribution is -0.121. The summed E-state index contributed by atoms with van der Waals surface area (Å²) < 4.78 is 15.0. The van der Waals surface area contributed by atoms with Gasteiger partial charge in [0.1, 0.15) is 5.75 Å². The summed E-state index contributed by atoms with van der Waals surface area (Å²) in [4.78, 5) is 38.8. The molecular formula is C45H55N7O4. The van der Waals surface area contributed by atoms with Gasteiger partial charge in [0, 0.05) is 110 Å². The van der Waals surface area contributed by atoms with E-state index in [1.807, 2.05) is 30.6 Å². The Morgan fingerprint density at radius 3 is 2.46 bits per heavy atom. The summed E-state index contributed by atoms with van der Waals surface area (Å²) in [5, 5.41) is 5.28. The number of unbranched alkanes of at least 4 members (excludes halogenated alkanes) is 2. The molecule has 7 heterocycles. The maximum atomic E-state index is 13.2. The number of amides is 2. The van der Waals surface area contributed by atoms with Crippen LogP contribution in [0.4, 0.5) is 5.69 Å². The lowest BCUT2D eigenvalue weighted by Crippen LogP contribution is -2.59. The lowest BCUT2D eigenvalue weighted by Gasteiger charge is -2.48. The van der Waals surface area contributed by atoms with Crippen LogP contribution >= 0.6 is 0 Å². The number of carbonyl (C=O) groups excluding carboxylic acids is 2. The number of nitrogens with zero attached hydrogens (tertiary/aromatic N) is 6. The number of anilines is 1. The van der Waals surface area contributed by atoms with E-state index in [0.29, 0.717) is 54.7 Å². The summed E-state index contributed by atoms with van der Waals surface area (Å²) in [6, 6.07) is 15.0. The number of ether oxygens (including phenoxy) is 2. The first-order valence-corrected chi connectivity index (χ1v) is 20.8. The van der Waals surface area contributed by atoms with Crippen molar-refractivity contribution in [1.82, 2.24) is 29.6 Å². The van der Waals surface area contributed by atoms with Gasteiger partial charge in [0.2, 0.25) is 5.91 Å². The molecule has 1 atom stereocenters. The fourth-order valence-electron chi connectivity index (χ4n) is 9.73. The van der Waals surface area contributed by atoms with Gasteiger partial charge >= 0.3 is 0 Å². The predicted octanol–water partition coefficient (Wildman–Crippen LogP) is 6.33. The fraction of sp³-hybridized carbons (Fsp3) is 0.489. The van der Waals surface area contributed by atoms with Crippen LogP contribution in [-0.4, -0.2) is 113 Å². The van der Waals surface area contributed by atoms with E-state index in [-0.39, 0.29) is 17.9 Å². The molecule has 2 amide bonds. The van der Waals surface area contributed by atoms with Crippen molar-refractivity contribution >= 4 is 45.0 Å². The van der Waals surface area contributed by atoms with E-state index in [2.05, 4.69) is 74.0 Å². The van der Waals surface area contributed by atoms with Gasteiger partial charge in [0.15, 0.2) is 0 Å². The van der Waals surface area contributed by atoms with Crippen molar-refractivity contribution in [2.45, 2.75) is 82.1 Å². The zero-order valence-electron chi connectivity index (χ0n) is 32.8. The molecule has 2 aromatic carbocycles. The molecule has 1 unspecified atom stereocenters. The van der Waals surface area contributed by atoms with Crippen molar-refractivity contribution in [1.29, 1.82) is 0 Å². The summed E-state index contributed by atoms with van der Waals surface area (Å²) in [5.41, 5.74) is 6.43. The second-order valence-corrected chi connectivity index (χ2v) is 16.5. The van der Waals surface area contributed by atoms with Gasteiger partial charge < -0.3 is 29.2 Å². The second kappa shape index (κ2) is 15.7. The number of carbonyl (C=O) groups is 2. The molecular weight excluding hydrogens is 703 g/mol. The molecule has 2 aromatic heterocycles. The molecule has 5 aliphatic heterocycles. The molecule has 4 fully saturated rings. The van der Waals surface area contributed by atoms with Gasteiger partial charge in [-0.2, -0.15) is 0 Å². The predicted molar refractivity (Wildman–Crippen MR) is 221 cm³/mol. The van der Waals surface area contributed by atoms with Crippen LogP contribution in [0.2, 0.25) is 0 Å². The average molecular weight is 758 g/mol. The van der Waals surface area contributed by atoms with Crippen molar-refractivity contribution in [3.63, 3.8) is 0 Å². The van der Waals surface area contributed by atoms with Crippen LogP contribution in [-0.2, 0) is 16.6 Å². The smallest absolute Gasteiger partial charge is 0.259 e. The van der Waals surface area contributed by atoms with Gasteiger partial charge in [-0.15, -0.1) is 0 Å². The molecule has 56 heavy (non-hydrogen) atoms. The molecule has 0 aliphatic carbocycles. The van der Waals surface area contributed by atoms with E-state index in [4.69, 9.17) is 9.47 Å². The van der Waals surface area contributed by atoms with Gasteiger partial charge in [-0.3, -0.25) is 24.4 Å². The fourth-order valence-corrected chi connectivity index (χ4v) is 9.73. The number of hydrogen-bond acceptors (Lipinski definition) is 8. The molecule has 0 bridgehead atoms. The Morgan fingerprint density at radius 2 is 1.66 bits per heavy atom. The third-order valence-corrected chi connectivity index (χ3v) is 13.0. The van der Waals surface area contributed by atoms with Gasteiger partial charge in [0.25, 0.3) is 5.91 Å². The molecule has 0 saturated carbocycles. The van der Waals surface area contributed by atoms with Gasteiger partial charge in [0.05, 0.1) is 35.9 Å².